The van der Waals surface area contributed by atoms with Gasteiger partial charge < -0.3 is 14.0 Å². The fourth-order valence-electron chi connectivity index (χ4n) is 2.05. The van der Waals surface area contributed by atoms with Crippen molar-refractivity contribution in [2.45, 2.75) is 13.8 Å². The maximum Gasteiger partial charge on any atom is 0.354 e. The number of benzene rings is 1. The van der Waals surface area contributed by atoms with Gasteiger partial charge >= 0.3 is 5.97 Å². The van der Waals surface area contributed by atoms with Gasteiger partial charge in [-0.2, -0.15) is 0 Å². The molecule has 0 spiro atoms. The molecular weight excluding hydrogens is 334 g/mol. The maximum atomic E-state index is 11.9. The topological polar surface area (TPSA) is 40.5 Å². The second-order valence-electron chi connectivity index (χ2n) is 4.90. The van der Waals surface area contributed by atoms with Gasteiger partial charge in [-0.15, -0.1) is 0 Å². The van der Waals surface area contributed by atoms with Crippen LogP contribution in [0.25, 0.3) is 10.9 Å². The molecule has 0 atom stereocenters. The zero-order valence-electron chi connectivity index (χ0n) is 12.4. The summed E-state index contributed by atoms with van der Waals surface area (Å²) in [6, 6.07) is 5.66. The SMILES string of the molecule is C=C(C)COc1cc2c(cc1Br)cc(C(=O)OCC)n2C. The average Bonchev–Trinajstić information content (AvgIpc) is 2.73. The predicted molar refractivity (Wildman–Crippen MR) is 86.9 cm³/mol. The van der Waals surface area contributed by atoms with Crippen molar-refractivity contribution in [1.29, 1.82) is 0 Å². The van der Waals surface area contributed by atoms with Crippen LogP contribution in [0, 0.1) is 0 Å². The number of aromatic nitrogens is 1. The lowest BCUT2D eigenvalue weighted by atomic mass is 10.2. The van der Waals surface area contributed by atoms with Gasteiger partial charge in [0.1, 0.15) is 18.1 Å². The van der Waals surface area contributed by atoms with E-state index in [9.17, 15) is 4.79 Å². The summed E-state index contributed by atoms with van der Waals surface area (Å²) in [5.41, 5.74) is 2.38. The molecule has 0 fully saturated rings. The first-order chi connectivity index (χ1) is 9.93. The Bertz CT molecular complexity index is 703. The summed E-state index contributed by atoms with van der Waals surface area (Å²) in [5, 5.41) is 0.954. The Balaban J connectivity index is 2.44. The number of nitrogens with zero attached hydrogens (tertiary/aromatic N) is 1. The molecule has 2 aromatic rings. The first-order valence-corrected chi connectivity index (χ1v) is 7.46. The highest BCUT2D eigenvalue weighted by Gasteiger charge is 2.16. The number of hydrogen-bond acceptors (Lipinski definition) is 3. The molecule has 1 heterocycles. The fourth-order valence-corrected chi connectivity index (χ4v) is 2.53. The fraction of sp³-hybridized carbons (Fsp3) is 0.312. The van der Waals surface area contributed by atoms with Gasteiger partial charge in [0.15, 0.2) is 0 Å². The quantitative estimate of drug-likeness (QED) is 0.602. The van der Waals surface area contributed by atoms with E-state index in [1.807, 2.05) is 36.7 Å². The van der Waals surface area contributed by atoms with Crippen LogP contribution in [0.3, 0.4) is 0 Å². The first-order valence-electron chi connectivity index (χ1n) is 6.67. The summed E-state index contributed by atoms with van der Waals surface area (Å²) in [6.07, 6.45) is 0. The van der Waals surface area contributed by atoms with Gasteiger partial charge in [0, 0.05) is 18.5 Å². The molecular formula is C16H18BrNO3. The molecule has 0 aliphatic heterocycles. The van der Waals surface area contributed by atoms with Gasteiger partial charge in [0.25, 0.3) is 0 Å². The highest BCUT2D eigenvalue weighted by atomic mass is 79.9. The Morgan fingerprint density at radius 2 is 2.10 bits per heavy atom. The second-order valence-corrected chi connectivity index (χ2v) is 5.75. The number of carbonyl (C=O) groups excluding carboxylic acids is 1. The van der Waals surface area contributed by atoms with Crippen molar-refractivity contribution in [1.82, 2.24) is 4.57 Å². The highest BCUT2D eigenvalue weighted by Crippen LogP contribution is 2.32. The van der Waals surface area contributed by atoms with Crippen LogP contribution in [0.5, 0.6) is 5.75 Å². The molecule has 0 saturated heterocycles. The second kappa shape index (κ2) is 6.35. The maximum absolute atomic E-state index is 11.9. The minimum absolute atomic E-state index is 0.322. The Hall–Kier alpha value is -1.75. The highest BCUT2D eigenvalue weighted by molar-refractivity contribution is 9.10. The van der Waals surface area contributed by atoms with Gasteiger partial charge in [-0.05, 0) is 47.5 Å². The minimum atomic E-state index is -0.322. The third kappa shape index (κ3) is 3.29. The molecule has 0 saturated carbocycles. The minimum Gasteiger partial charge on any atom is -0.488 e. The summed E-state index contributed by atoms with van der Waals surface area (Å²) in [5.74, 6) is 0.402. The summed E-state index contributed by atoms with van der Waals surface area (Å²) in [4.78, 5) is 11.9. The molecule has 4 nitrogen and oxygen atoms in total. The first kappa shape index (κ1) is 15.6. The predicted octanol–water partition coefficient (Wildman–Crippen LogP) is 4.07. The summed E-state index contributed by atoms with van der Waals surface area (Å²) in [6.45, 7) is 8.34. The Kier molecular flexibility index (Phi) is 4.73. The van der Waals surface area contributed by atoms with Gasteiger partial charge in [0.05, 0.1) is 16.6 Å². The smallest absolute Gasteiger partial charge is 0.354 e. The number of carbonyl (C=O) groups is 1. The Labute approximate surface area is 132 Å². The summed E-state index contributed by atoms with van der Waals surface area (Å²) >= 11 is 3.49. The van der Waals surface area contributed by atoms with Crippen LogP contribution in [-0.2, 0) is 11.8 Å². The van der Waals surface area contributed by atoms with Crippen molar-refractivity contribution in [2.24, 2.45) is 7.05 Å². The molecule has 1 aromatic heterocycles. The zero-order valence-corrected chi connectivity index (χ0v) is 14.0. The van der Waals surface area contributed by atoms with Crippen molar-refractivity contribution in [3.63, 3.8) is 0 Å². The van der Waals surface area contributed by atoms with Gasteiger partial charge in [0.2, 0.25) is 0 Å². The average molecular weight is 352 g/mol. The van der Waals surface area contributed by atoms with Crippen molar-refractivity contribution in [3.8, 4) is 5.75 Å². The van der Waals surface area contributed by atoms with E-state index < -0.39 is 0 Å². The van der Waals surface area contributed by atoms with Gasteiger partial charge in [-0.3, -0.25) is 0 Å². The molecule has 21 heavy (non-hydrogen) atoms. The molecule has 0 aliphatic rings. The number of aryl methyl sites for hydroxylation is 1. The molecule has 2 rings (SSSR count). The van der Waals surface area contributed by atoms with E-state index in [1.54, 1.807) is 6.92 Å². The van der Waals surface area contributed by atoms with E-state index in [0.29, 0.717) is 18.9 Å². The number of ether oxygens (including phenoxy) is 2. The molecule has 0 aliphatic carbocycles. The lowest BCUT2D eigenvalue weighted by molar-refractivity contribution is 0.0516. The van der Waals surface area contributed by atoms with Gasteiger partial charge in [-0.1, -0.05) is 6.58 Å². The molecule has 0 amide bonds. The number of rotatable bonds is 5. The van der Waals surface area contributed by atoms with E-state index >= 15 is 0 Å². The van der Waals surface area contributed by atoms with Crippen molar-refractivity contribution < 1.29 is 14.3 Å². The Morgan fingerprint density at radius 1 is 1.38 bits per heavy atom. The van der Waals surface area contributed by atoms with Crippen LogP contribution >= 0.6 is 15.9 Å². The van der Waals surface area contributed by atoms with Crippen LogP contribution in [-0.4, -0.2) is 23.8 Å². The van der Waals surface area contributed by atoms with Gasteiger partial charge in [-0.25, -0.2) is 4.79 Å². The number of halogens is 1. The third-order valence-corrected chi connectivity index (χ3v) is 3.67. The standard InChI is InChI=1S/C16H18BrNO3/c1-5-20-16(19)14-7-11-6-12(17)15(21-9-10(2)3)8-13(11)18(14)4/h6-8H,2,5,9H2,1,3-4H3. The monoisotopic (exact) mass is 351 g/mol. The van der Waals surface area contributed by atoms with Crippen molar-refractivity contribution in [2.75, 3.05) is 13.2 Å². The molecule has 1 aromatic carbocycles. The number of fused-ring (bicyclic) bond motifs is 1. The van der Waals surface area contributed by atoms with Crippen molar-refractivity contribution in [3.05, 3.63) is 40.5 Å². The van der Waals surface area contributed by atoms with Crippen LogP contribution < -0.4 is 4.74 Å². The van der Waals surface area contributed by atoms with E-state index in [2.05, 4.69) is 22.5 Å². The Morgan fingerprint density at radius 3 is 2.71 bits per heavy atom. The zero-order chi connectivity index (χ0) is 15.6. The van der Waals surface area contributed by atoms with Crippen LogP contribution in [0.15, 0.2) is 34.8 Å². The van der Waals surface area contributed by atoms with E-state index in [-0.39, 0.29) is 5.97 Å². The summed E-state index contributed by atoms with van der Waals surface area (Å²) in [7, 11) is 1.84. The molecule has 0 unspecified atom stereocenters. The molecule has 112 valence electrons. The van der Waals surface area contributed by atoms with E-state index in [0.717, 1.165) is 26.7 Å². The van der Waals surface area contributed by atoms with E-state index in [1.165, 1.54) is 0 Å². The lowest BCUT2D eigenvalue weighted by Crippen LogP contribution is -2.09. The van der Waals surface area contributed by atoms with Crippen molar-refractivity contribution >= 4 is 32.8 Å². The summed E-state index contributed by atoms with van der Waals surface area (Å²) < 4.78 is 13.4. The normalized spacial score (nSPS) is 10.7. The van der Waals surface area contributed by atoms with E-state index in [4.69, 9.17) is 9.47 Å². The van der Waals surface area contributed by atoms with Crippen LogP contribution in [0.1, 0.15) is 24.3 Å². The van der Waals surface area contributed by atoms with Crippen LogP contribution in [0.2, 0.25) is 0 Å². The molecule has 5 heteroatoms. The molecule has 0 bridgehead atoms. The largest absolute Gasteiger partial charge is 0.488 e. The lowest BCUT2D eigenvalue weighted by Gasteiger charge is -2.09. The van der Waals surface area contributed by atoms with Crippen LogP contribution in [0.4, 0.5) is 0 Å². The molecule has 0 N–H and O–H groups in total. The number of hydrogen-bond donors (Lipinski definition) is 0. The molecule has 0 radical (unpaired) electrons. The third-order valence-electron chi connectivity index (χ3n) is 3.05. The number of esters is 1.